The van der Waals surface area contributed by atoms with Crippen LogP contribution in [0.5, 0.6) is 0 Å². The van der Waals surface area contributed by atoms with Crippen molar-refractivity contribution in [1.82, 2.24) is 0 Å². The molecule has 0 heterocycles. The van der Waals surface area contributed by atoms with Gasteiger partial charge < -0.3 is 5.73 Å². The van der Waals surface area contributed by atoms with Gasteiger partial charge in [0.15, 0.2) is 0 Å². The molecule has 11 heavy (non-hydrogen) atoms. The zero-order valence-electron chi connectivity index (χ0n) is 8.06. The van der Waals surface area contributed by atoms with Crippen molar-refractivity contribution < 1.29 is 0 Å². The molecule has 0 unspecified atom stereocenters. The molecule has 0 aromatic heterocycles. The highest BCUT2D eigenvalue weighted by atomic mass is 14.6. The Morgan fingerprint density at radius 3 is 2.09 bits per heavy atom. The van der Waals surface area contributed by atoms with E-state index in [9.17, 15) is 0 Å². The highest BCUT2D eigenvalue weighted by molar-refractivity contribution is 4.95. The summed E-state index contributed by atoms with van der Waals surface area (Å²) in [6, 6.07) is 0.395. The molecular formula is C10H21N. The molecule has 1 nitrogen and oxygen atoms in total. The Labute approximate surface area is 70.4 Å². The Kier molecular flexibility index (Phi) is 2.58. The van der Waals surface area contributed by atoms with Gasteiger partial charge in [-0.25, -0.2) is 0 Å². The van der Waals surface area contributed by atoms with Gasteiger partial charge in [-0.05, 0) is 43.9 Å². The minimum absolute atomic E-state index is 0.395. The van der Waals surface area contributed by atoms with Crippen LogP contribution in [0, 0.1) is 11.3 Å². The lowest BCUT2D eigenvalue weighted by Gasteiger charge is -2.20. The van der Waals surface area contributed by atoms with Crippen molar-refractivity contribution in [1.29, 1.82) is 0 Å². The maximum Gasteiger partial charge on any atom is 0.00106 e. The van der Waals surface area contributed by atoms with Crippen LogP contribution in [0.3, 0.4) is 0 Å². The summed E-state index contributed by atoms with van der Waals surface area (Å²) in [7, 11) is 0. The first-order valence-electron chi connectivity index (χ1n) is 4.82. The van der Waals surface area contributed by atoms with Crippen LogP contribution in [0.2, 0.25) is 0 Å². The van der Waals surface area contributed by atoms with Crippen molar-refractivity contribution in [2.24, 2.45) is 17.1 Å². The largest absolute Gasteiger partial charge is 0.328 e. The number of hydrogen-bond acceptors (Lipinski definition) is 1. The molecule has 1 heteroatoms. The predicted octanol–water partition coefficient (Wildman–Crippen LogP) is 2.55. The Morgan fingerprint density at radius 1 is 1.27 bits per heavy atom. The smallest absolute Gasteiger partial charge is 0.00106 e. The molecule has 0 radical (unpaired) electrons. The van der Waals surface area contributed by atoms with Crippen LogP contribution < -0.4 is 5.73 Å². The van der Waals surface area contributed by atoms with Gasteiger partial charge >= 0.3 is 0 Å². The van der Waals surface area contributed by atoms with E-state index in [0.29, 0.717) is 11.5 Å². The molecule has 1 fully saturated rings. The lowest BCUT2D eigenvalue weighted by atomic mass is 9.87. The van der Waals surface area contributed by atoms with Gasteiger partial charge in [0.2, 0.25) is 0 Å². The van der Waals surface area contributed by atoms with Gasteiger partial charge in [-0.1, -0.05) is 13.8 Å². The molecular weight excluding hydrogens is 134 g/mol. The molecule has 1 aliphatic rings. The second kappa shape index (κ2) is 3.14. The van der Waals surface area contributed by atoms with Crippen LogP contribution in [0.1, 0.15) is 46.5 Å². The summed E-state index contributed by atoms with van der Waals surface area (Å²) in [5.41, 5.74) is 6.43. The van der Waals surface area contributed by atoms with E-state index in [-0.39, 0.29) is 0 Å². The topological polar surface area (TPSA) is 26.0 Å². The third-order valence-electron chi connectivity index (χ3n) is 3.21. The van der Waals surface area contributed by atoms with Gasteiger partial charge in [0, 0.05) is 6.04 Å². The number of rotatable bonds is 4. The second-order valence-corrected chi connectivity index (χ2v) is 4.53. The molecule has 0 aliphatic heterocycles. The van der Waals surface area contributed by atoms with Crippen LogP contribution in [0.25, 0.3) is 0 Å². The highest BCUT2D eigenvalue weighted by Crippen LogP contribution is 2.55. The summed E-state index contributed by atoms with van der Waals surface area (Å²) >= 11 is 0. The lowest BCUT2D eigenvalue weighted by molar-refractivity contribution is 0.317. The Balaban J connectivity index is 2.25. The molecule has 1 aliphatic carbocycles. The third-order valence-corrected chi connectivity index (χ3v) is 3.21. The minimum Gasteiger partial charge on any atom is -0.328 e. The molecule has 1 rings (SSSR count). The standard InChI is InChI=1S/C10H21N/c1-8(2)10(6-7-10)5-4-9(3)11/h8-9H,4-7,11H2,1-3H3/t9-/m0/s1. The van der Waals surface area contributed by atoms with Crippen molar-refractivity contribution >= 4 is 0 Å². The van der Waals surface area contributed by atoms with Crippen molar-refractivity contribution in [3.05, 3.63) is 0 Å². The van der Waals surface area contributed by atoms with E-state index in [1.165, 1.54) is 25.7 Å². The third kappa shape index (κ3) is 2.19. The Morgan fingerprint density at radius 2 is 1.82 bits per heavy atom. The van der Waals surface area contributed by atoms with Crippen LogP contribution >= 0.6 is 0 Å². The molecule has 0 amide bonds. The van der Waals surface area contributed by atoms with Crippen LogP contribution in [-0.2, 0) is 0 Å². The summed E-state index contributed by atoms with van der Waals surface area (Å²) in [6.07, 6.45) is 5.44. The van der Waals surface area contributed by atoms with Gasteiger partial charge in [0.05, 0.1) is 0 Å². The fourth-order valence-electron chi connectivity index (χ4n) is 1.79. The van der Waals surface area contributed by atoms with E-state index in [1.807, 2.05) is 0 Å². The summed E-state index contributed by atoms with van der Waals surface area (Å²) in [4.78, 5) is 0. The van der Waals surface area contributed by atoms with Crippen molar-refractivity contribution in [3.63, 3.8) is 0 Å². The monoisotopic (exact) mass is 155 g/mol. The first-order chi connectivity index (χ1) is 5.07. The average molecular weight is 155 g/mol. The summed E-state index contributed by atoms with van der Waals surface area (Å²) in [5, 5.41) is 0. The zero-order chi connectivity index (χ0) is 8.48. The molecule has 66 valence electrons. The SMILES string of the molecule is CC(C)C1(CC[C@H](C)N)CC1. The van der Waals surface area contributed by atoms with Gasteiger partial charge in [-0.2, -0.15) is 0 Å². The van der Waals surface area contributed by atoms with Gasteiger partial charge in [-0.15, -0.1) is 0 Å². The maximum atomic E-state index is 5.73. The Hall–Kier alpha value is -0.0400. The molecule has 1 atom stereocenters. The first-order valence-corrected chi connectivity index (χ1v) is 4.82. The van der Waals surface area contributed by atoms with E-state index in [0.717, 1.165) is 5.92 Å². The van der Waals surface area contributed by atoms with E-state index in [1.54, 1.807) is 0 Å². The van der Waals surface area contributed by atoms with Crippen LogP contribution in [0.15, 0.2) is 0 Å². The number of nitrogens with two attached hydrogens (primary N) is 1. The van der Waals surface area contributed by atoms with Gasteiger partial charge in [0.25, 0.3) is 0 Å². The molecule has 0 aromatic rings. The molecule has 0 aromatic carbocycles. The molecule has 0 bridgehead atoms. The fraction of sp³-hybridized carbons (Fsp3) is 1.00. The fourth-order valence-corrected chi connectivity index (χ4v) is 1.79. The number of hydrogen-bond donors (Lipinski definition) is 1. The summed E-state index contributed by atoms with van der Waals surface area (Å²) in [6.45, 7) is 6.79. The first kappa shape index (κ1) is 9.05. The van der Waals surface area contributed by atoms with E-state index in [2.05, 4.69) is 20.8 Å². The zero-order valence-corrected chi connectivity index (χ0v) is 8.06. The Bertz CT molecular complexity index is 123. The summed E-state index contributed by atoms with van der Waals surface area (Å²) in [5.74, 6) is 0.862. The second-order valence-electron chi connectivity index (χ2n) is 4.53. The van der Waals surface area contributed by atoms with Crippen LogP contribution in [0.4, 0.5) is 0 Å². The quantitative estimate of drug-likeness (QED) is 0.663. The van der Waals surface area contributed by atoms with E-state index >= 15 is 0 Å². The minimum atomic E-state index is 0.395. The average Bonchev–Trinajstić information content (AvgIpc) is 2.63. The maximum absolute atomic E-state index is 5.73. The molecule has 1 saturated carbocycles. The van der Waals surface area contributed by atoms with Crippen molar-refractivity contribution in [3.8, 4) is 0 Å². The highest BCUT2D eigenvalue weighted by Gasteiger charge is 2.44. The predicted molar refractivity (Wildman–Crippen MR) is 49.4 cm³/mol. The molecule has 0 spiro atoms. The lowest BCUT2D eigenvalue weighted by Crippen LogP contribution is -2.18. The normalized spacial score (nSPS) is 23.7. The van der Waals surface area contributed by atoms with Crippen molar-refractivity contribution in [2.45, 2.75) is 52.5 Å². The van der Waals surface area contributed by atoms with Crippen molar-refractivity contribution in [2.75, 3.05) is 0 Å². The van der Waals surface area contributed by atoms with Gasteiger partial charge in [0.1, 0.15) is 0 Å². The summed E-state index contributed by atoms with van der Waals surface area (Å²) < 4.78 is 0. The molecule has 2 N–H and O–H groups in total. The van der Waals surface area contributed by atoms with Crippen LogP contribution in [-0.4, -0.2) is 6.04 Å². The van der Waals surface area contributed by atoms with E-state index in [4.69, 9.17) is 5.73 Å². The van der Waals surface area contributed by atoms with Gasteiger partial charge in [-0.3, -0.25) is 0 Å². The molecule has 0 saturated heterocycles. The van der Waals surface area contributed by atoms with E-state index < -0.39 is 0 Å².